The molecule has 12 aromatic heterocycles. The van der Waals surface area contributed by atoms with Gasteiger partial charge in [-0.2, -0.15) is 28.2 Å². The van der Waals surface area contributed by atoms with Crippen LogP contribution < -0.4 is 61.3 Å². The quantitative estimate of drug-likeness (QED) is 0.0432. The molecule has 4 atom stereocenters. The predicted octanol–water partition coefficient (Wildman–Crippen LogP) is 7.11. The Bertz CT molecular complexity index is 5670. The number of ether oxygens (including phenoxy) is 3. The predicted molar refractivity (Wildman–Crippen MR) is 429 cm³/mol. The van der Waals surface area contributed by atoms with Gasteiger partial charge in [0.2, 0.25) is 17.6 Å². The molecule has 2 radical (unpaired) electrons. The van der Waals surface area contributed by atoms with E-state index >= 15 is 0 Å². The summed E-state index contributed by atoms with van der Waals surface area (Å²) in [6, 6.07) is 10.9. The summed E-state index contributed by atoms with van der Waals surface area (Å²) >= 11 is 0. The van der Waals surface area contributed by atoms with Crippen molar-refractivity contribution < 1.29 is 118 Å². The molecule has 7 aliphatic heterocycles. The maximum absolute atomic E-state index is 14.0. The largest absolute Gasteiger partial charge is 0.475 e. The number of nitrogens with zero attached hydrogens (tertiary/aromatic N) is 19. The van der Waals surface area contributed by atoms with Gasteiger partial charge in [-0.05, 0) is 75.6 Å². The van der Waals surface area contributed by atoms with Gasteiger partial charge in [0, 0.05) is 145 Å². The summed E-state index contributed by atoms with van der Waals surface area (Å²) in [5, 5.41) is 44.6. The minimum Gasteiger partial charge on any atom is -0.475 e. The van der Waals surface area contributed by atoms with E-state index < -0.39 is 57.0 Å². The minimum atomic E-state index is -0.565. The van der Waals surface area contributed by atoms with Crippen LogP contribution in [0.2, 0.25) is 0 Å². The molecule has 45 heteroatoms. The summed E-state index contributed by atoms with van der Waals surface area (Å²) in [6.07, 6.45) is 25.7. The van der Waals surface area contributed by atoms with Gasteiger partial charge < -0.3 is 59.8 Å². The van der Waals surface area contributed by atoms with Gasteiger partial charge in [-0.25, -0.2) is 90.8 Å². The van der Waals surface area contributed by atoms with E-state index in [0.29, 0.717) is 149 Å². The molecule has 4 amide bonds. The molecule has 23 rings (SSSR count). The van der Waals surface area contributed by atoms with E-state index in [1.807, 2.05) is 0 Å². The van der Waals surface area contributed by atoms with E-state index in [1.54, 1.807) is 77.8 Å². The van der Waals surface area contributed by atoms with Crippen molar-refractivity contribution in [3.8, 4) is 17.6 Å². The molecule has 12 aromatic rings. The Hall–Kier alpha value is -10.9. The number of aliphatic hydroxyl groups excluding tert-OH is 1. The zero-order valence-electron chi connectivity index (χ0n) is 65.4. The zero-order valence-corrected chi connectivity index (χ0v) is 73.6. The van der Waals surface area contributed by atoms with Crippen molar-refractivity contribution in [1.82, 2.24) is 99.6 Å². The molecule has 19 heterocycles. The number of hydrogen-bond donors (Lipinski definition) is 6. The van der Waals surface area contributed by atoms with Crippen LogP contribution in [0.5, 0.6) is 17.6 Å². The molecule has 4 saturated carbocycles. The molecule has 3 spiro atoms. The van der Waals surface area contributed by atoms with Gasteiger partial charge in [-0.3, -0.25) is 43.3 Å². The van der Waals surface area contributed by atoms with Crippen LogP contribution in [-0.4, -0.2) is 190 Å². The third-order valence-corrected chi connectivity index (χ3v) is 22.5. The van der Waals surface area contributed by atoms with E-state index in [4.69, 9.17) is 33.6 Å². The molecule has 4 saturated heterocycles. The van der Waals surface area contributed by atoms with Crippen LogP contribution >= 0.6 is 24.0 Å². The van der Waals surface area contributed by atoms with Crippen molar-refractivity contribution in [1.29, 1.82) is 0 Å². The standard InChI is InChI=1S/C19H19FN6O4.3C19H17FN6O3.CH2B.CH3.HI.2W/c20-11-7-12(17(28)21-8-11)14-2-6-30-26(14)15-1-5-25-16(23-15)13(9-22-25)18(29)24-19(10-27)3-4-19;3*20-11-7-12-14-2-6-29-26(14)15-1-5-25-16(23-15)13(9-22-25)17(27)24-19(3-4-19)10-28-18(12)21-8-11;1-2;;;;/h1,5,7-9,14,27H,2-4,6,10H2,(H,21,28)(H,24,29);3*1,5,7-9,14H,2-4,6,10H2,(H,24,27);1H2;1H3;1H;;/q;;;;2*-1;;;/t;2*14-;;;;;;/m.10....../s1. The van der Waals surface area contributed by atoms with E-state index in [9.17, 15) is 46.6 Å². The SMILES string of the molecule is I.O=C(NC1(CO)CC1)c1cnn2ccc(N3OCCC3c3cc(F)c[nH]c3=O)nc12.O=C1NC2(CC2)COc2ncc(F)cc2C2CCON2c2ccn3ncc1c3n2.O=C1NC2(CC2)COc2ncc(F)cc2[C@@H]2CCON2c2ccn3ncc1c3n2.O=C1NC2(CC2)COc2ncc(F)cc2[C@H]2CCON2c2ccn3ncc1c3n2.[B][CH2-].[CH3-].[W].[W]. The Labute approximate surface area is 742 Å². The van der Waals surface area contributed by atoms with Crippen molar-refractivity contribution in [2.45, 2.75) is 123 Å². The summed E-state index contributed by atoms with van der Waals surface area (Å²) in [5.74, 6) is -0.106. The number of anilines is 4. The van der Waals surface area contributed by atoms with Crippen LogP contribution in [-0.2, 0) is 61.5 Å². The van der Waals surface area contributed by atoms with Gasteiger partial charge in [-0.15, -0.1) is 24.0 Å². The molecule has 8 fully saturated rings. The van der Waals surface area contributed by atoms with Gasteiger partial charge in [0.15, 0.2) is 45.9 Å². The van der Waals surface area contributed by atoms with E-state index in [1.165, 1.54) is 58.6 Å². The van der Waals surface area contributed by atoms with Gasteiger partial charge in [0.05, 0.1) is 123 Å². The number of rotatable bonds is 5. The Balaban J connectivity index is 0.000000125. The fourth-order valence-corrected chi connectivity index (χ4v) is 15.3. The van der Waals surface area contributed by atoms with Crippen molar-refractivity contribution in [2.24, 2.45) is 0 Å². The fraction of sp³-hybridized carbons (Fsp3) is 0.359. The van der Waals surface area contributed by atoms with Crippen LogP contribution in [0, 0.1) is 37.5 Å². The van der Waals surface area contributed by atoms with Crippen LogP contribution in [0.4, 0.5) is 40.8 Å². The molecule has 11 aliphatic rings. The number of amides is 4. The number of aromatic amines is 1. The second-order valence-corrected chi connectivity index (χ2v) is 30.5. The van der Waals surface area contributed by atoms with Crippen molar-refractivity contribution in [3.05, 3.63) is 215 Å². The molecule has 6 bridgehead atoms. The summed E-state index contributed by atoms with van der Waals surface area (Å²) in [6.45, 7) is 5.08. The van der Waals surface area contributed by atoms with Crippen LogP contribution in [0.25, 0.3) is 22.6 Å². The number of pyridine rings is 4. The number of carbonyl (C=O) groups is 4. The second kappa shape index (κ2) is 35.0. The first-order valence-corrected chi connectivity index (χ1v) is 38.5. The summed E-state index contributed by atoms with van der Waals surface area (Å²) in [7, 11) is 4.25. The maximum Gasteiger partial charge on any atom is 0.257 e. The monoisotopic (exact) mass is 2140 g/mol. The normalized spacial score (nSPS) is 20.7. The smallest absolute Gasteiger partial charge is 0.257 e. The van der Waals surface area contributed by atoms with Gasteiger partial charge in [0.1, 0.15) is 65.3 Å². The average Bonchev–Trinajstić information content (AvgIpc) is 1.61. The van der Waals surface area contributed by atoms with Crippen LogP contribution in [0.15, 0.2) is 128 Å². The van der Waals surface area contributed by atoms with Gasteiger partial charge >= 0.3 is 0 Å². The topological polar surface area (TPSA) is 406 Å². The summed E-state index contributed by atoms with van der Waals surface area (Å²) < 4.78 is 79.9. The first-order chi connectivity index (χ1) is 57.8. The number of H-pyrrole nitrogens is 1. The first-order valence-electron chi connectivity index (χ1n) is 38.5. The molecular weight excluding hydrogens is 2060 g/mol. The third kappa shape index (κ3) is 17.1. The number of hydrogen-bond acceptors (Lipinski definition) is 28. The summed E-state index contributed by atoms with van der Waals surface area (Å²) in [5.41, 5.74) is 2.69. The van der Waals surface area contributed by atoms with E-state index in [-0.39, 0.29) is 153 Å². The molecular formula is C78H76BF4IN24O13W2-2. The molecule has 6 N–H and O–H groups in total. The molecule has 37 nitrogen and oxygen atoms in total. The number of hydroxylamine groups is 4. The van der Waals surface area contributed by atoms with Gasteiger partial charge in [0.25, 0.3) is 29.2 Å². The maximum atomic E-state index is 14.0. The minimum absolute atomic E-state index is 0. The second-order valence-electron chi connectivity index (χ2n) is 30.5. The number of aliphatic hydroxyl groups is 1. The number of carbonyl (C=O) groups excluding carboxylic acids is 4. The number of halogens is 5. The molecule has 2 unspecified atom stereocenters. The van der Waals surface area contributed by atoms with Crippen molar-refractivity contribution >= 4 is 101 Å². The van der Waals surface area contributed by atoms with Crippen LogP contribution in [0.1, 0.15) is 165 Å². The Morgan fingerprint density at radius 3 is 1.12 bits per heavy atom. The zero-order chi connectivity index (χ0) is 81.6. The van der Waals surface area contributed by atoms with Gasteiger partial charge in [-0.1, -0.05) is 0 Å². The van der Waals surface area contributed by atoms with Crippen LogP contribution in [0.3, 0.4) is 0 Å². The molecule has 4 aliphatic carbocycles. The average molecular weight is 2140 g/mol. The fourth-order valence-electron chi connectivity index (χ4n) is 15.3. The Morgan fingerprint density at radius 2 is 0.789 bits per heavy atom. The number of aromatic nitrogens is 16. The van der Waals surface area contributed by atoms with E-state index in [2.05, 4.69) is 96.2 Å². The van der Waals surface area contributed by atoms with Crippen molar-refractivity contribution in [3.63, 3.8) is 0 Å². The summed E-state index contributed by atoms with van der Waals surface area (Å²) in [4.78, 5) is 120. The first kappa shape index (κ1) is 87.0. The molecule has 638 valence electrons. The van der Waals surface area contributed by atoms with Crippen molar-refractivity contribution in [2.75, 3.05) is 73.1 Å². The van der Waals surface area contributed by atoms with E-state index in [0.717, 1.165) is 76.2 Å². The number of fused-ring (bicyclic) bond motifs is 16. The third-order valence-electron chi connectivity index (χ3n) is 22.5. The molecule has 123 heavy (non-hydrogen) atoms. The number of nitrogens with one attached hydrogen (secondary N) is 5. The molecule has 0 aromatic carbocycles. The Kier molecular flexibility index (Phi) is 24.7. The Morgan fingerprint density at radius 1 is 0.472 bits per heavy atom.